The number of aryl methyl sites for hydroxylation is 1. The zero-order valence-corrected chi connectivity index (χ0v) is 38.3. The van der Waals surface area contributed by atoms with E-state index in [0.717, 1.165) is 71.6 Å². The third kappa shape index (κ3) is 8.86. The number of benzene rings is 2. The Morgan fingerprint density at radius 3 is 1.91 bits per heavy atom. The second-order valence-corrected chi connectivity index (χ2v) is 17.8. The van der Waals surface area contributed by atoms with Crippen LogP contribution in [0.25, 0.3) is 22.3 Å². The van der Waals surface area contributed by atoms with Crippen LogP contribution in [-0.4, -0.2) is 114 Å². The van der Waals surface area contributed by atoms with Crippen molar-refractivity contribution in [3.05, 3.63) is 94.6 Å². The summed E-state index contributed by atoms with van der Waals surface area (Å²) in [5.41, 5.74) is 6.56. The van der Waals surface area contributed by atoms with Gasteiger partial charge in [-0.2, -0.15) is 20.4 Å². The van der Waals surface area contributed by atoms with E-state index in [9.17, 15) is 9.59 Å². The summed E-state index contributed by atoms with van der Waals surface area (Å²) in [6.07, 6.45) is 9.15. The number of fused-ring (bicyclic) bond motifs is 2. The van der Waals surface area contributed by atoms with Gasteiger partial charge in [-0.1, -0.05) is 6.07 Å². The molecule has 0 radical (unpaired) electrons. The SMILES string of the molecule is CNC(=O)N1CCc2c(c(Nc3ccc(-c4cnn(CCNC(=O)N5CCc6c(c(Nc7cc(F)c(-c8cnn(C)c8)cc7F)nn6C6CCOCC6)C5)c4C)cc3F)nn2C2CCOCC2)C1. The van der Waals surface area contributed by atoms with E-state index >= 15 is 13.2 Å². The molecule has 0 unspecified atom stereocenters. The number of nitrogens with zero attached hydrogens (tertiary/aromatic N) is 10. The monoisotopic (exact) mass is 936 g/mol. The molecule has 4 amide bonds. The van der Waals surface area contributed by atoms with Crippen molar-refractivity contribution in [1.82, 2.24) is 59.6 Å². The third-order valence-electron chi connectivity index (χ3n) is 13.6. The van der Waals surface area contributed by atoms with Crippen LogP contribution in [0.4, 0.5) is 45.8 Å². The first kappa shape index (κ1) is 44.9. The number of anilines is 4. The largest absolute Gasteiger partial charge is 0.381 e. The van der Waals surface area contributed by atoms with Gasteiger partial charge in [0.15, 0.2) is 11.6 Å². The fourth-order valence-electron chi connectivity index (χ4n) is 9.86. The molecule has 2 saturated heterocycles. The first-order chi connectivity index (χ1) is 33.0. The number of amides is 4. The predicted molar refractivity (Wildman–Crippen MR) is 246 cm³/mol. The van der Waals surface area contributed by atoms with Gasteiger partial charge in [-0.3, -0.25) is 18.7 Å². The minimum absolute atomic E-state index is 0.0653. The summed E-state index contributed by atoms with van der Waals surface area (Å²) >= 11 is 0. The van der Waals surface area contributed by atoms with Crippen LogP contribution in [0.3, 0.4) is 0 Å². The number of ether oxygens (including phenoxy) is 2. The fourth-order valence-corrected chi connectivity index (χ4v) is 9.86. The summed E-state index contributed by atoms with van der Waals surface area (Å²) in [7, 11) is 3.32. The Hall–Kier alpha value is -6.87. The third-order valence-corrected chi connectivity index (χ3v) is 13.6. The van der Waals surface area contributed by atoms with Crippen molar-refractivity contribution in [2.75, 3.05) is 63.7 Å². The number of rotatable bonds is 11. The Morgan fingerprint density at radius 2 is 1.32 bits per heavy atom. The van der Waals surface area contributed by atoms with Crippen LogP contribution >= 0.6 is 0 Å². The van der Waals surface area contributed by atoms with Gasteiger partial charge in [0.25, 0.3) is 0 Å². The highest BCUT2D eigenvalue weighted by molar-refractivity contribution is 5.76. The van der Waals surface area contributed by atoms with Gasteiger partial charge in [-0.25, -0.2) is 22.8 Å². The lowest BCUT2D eigenvalue weighted by molar-refractivity contribution is 0.0650. The smallest absolute Gasteiger partial charge is 0.317 e. The normalized spacial score (nSPS) is 16.7. The van der Waals surface area contributed by atoms with Crippen LogP contribution in [0.2, 0.25) is 0 Å². The van der Waals surface area contributed by atoms with Gasteiger partial charge >= 0.3 is 12.1 Å². The minimum Gasteiger partial charge on any atom is -0.381 e. The number of halogens is 3. The van der Waals surface area contributed by atoms with Gasteiger partial charge < -0.3 is 40.5 Å². The molecule has 2 aromatic carbocycles. The molecule has 0 bridgehead atoms. The quantitative estimate of drug-likeness (QED) is 0.109. The van der Waals surface area contributed by atoms with Crippen molar-refractivity contribution in [3.63, 3.8) is 0 Å². The van der Waals surface area contributed by atoms with E-state index in [0.29, 0.717) is 88.2 Å². The van der Waals surface area contributed by atoms with Gasteiger partial charge in [-0.05, 0) is 56.4 Å². The van der Waals surface area contributed by atoms with Crippen molar-refractivity contribution in [2.45, 2.75) is 77.2 Å². The Balaban J connectivity index is 0.801. The number of carbonyl (C=O) groups is 2. The van der Waals surface area contributed by atoms with Crippen LogP contribution in [0.15, 0.2) is 48.9 Å². The molecule has 2 fully saturated rings. The average Bonchev–Trinajstić information content (AvgIpc) is 4.15. The number of urea groups is 2. The summed E-state index contributed by atoms with van der Waals surface area (Å²) in [6, 6.07) is 7.04. The molecule has 8 heterocycles. The molecular weight excluding hydrogens is 882 g/mol. The van der Waals surface area contributed by atoms with Gasteiger partial charge in [0.2, 0.25) is 0 Å². The van der Waals surface area contributed by atoms with Crippen molar-refractivity contribution in [3.8, 4) is 22.3 Å². The number of carbonyl (C=O) groups excluding carboxylic acids is 2. The highest BCUT2D eigenvalue weighted by atomic mass is 19.1. The van der Waals surface area contributed by atoms with Crippen molar-refractivity contribution < 1.29 is 32.2 Å². The lowest BCUT2D eigenvalue weighted by Crippen LogP contribution is -2.44. The molecular formula is C47H55F3N14O4. The van der Waals surface area contributed by atoms with Crippen LogP contribution in [-0.2, 0) is 49.0 Å². The lowest BCUT2D eigenvalue weighted by Gasteiger charge is -2.30. The first-order valence-corrected chi connectivity index (χ1v) is 23.2. The van der Waals surface area contributed by atoms with Crippen molar-refractivity contribution in [2.24, 2.45) is 7.05 Å². The molecule has 4 N–H and O–H groups in total. The summed E-state index contributed by atoms with van der Waals surface area (Å²) in [5.74, 6) is -0.832. The van der Waals surface area contributed by atoms with E-state index in [2.05, 4.69) is 31.5 Å². The maximum atomic E-state index is 16.0. The molecule has 358 valence electrons. The van der Waals surface area contributed by atoms with Crippen LogP contribution in [0.5, 0.6) is 0 Å². The van der Waals surface area contributed by atoms with E-state index in [1.165, 1.54) is 16.9 Å². The second-order valence-electron chi connectivity index (χ2n) is 17.8. The van der Waals surface area contributed by atoms with Crippen LogP contribution in [0, 0.1) is 24.4 Å². The predicted octanol–water partition coefficient (Wildman–Crippen LogP) is 6.72. The lowest BCUT2D eigenvalue weighted by atomic mass is 10.0. The highest BCUT2D eigenvalue weighted by Crippen LogP contribution is 2.37. The van der Waals surface area contributed by atoms with E-state index < -0.39 is 17.5 Å². The number of nitrogens with one attached hydrogen (secondary N) is 4. The molecule has 68 heavy (non-hydrogen) atoms. The Kier molecular flexibility index (Phi) is 12.6. The summed E-state index contributed by atoms with van der Waals surface area (Å²) in [5, 5.41) is 30.5. The number of hydrogen-bond acceptors (Lipinski definition) is 10. The molecule has 0 aliphatic carbocycles. The van der Waals surface area contributed by atoms with Crippen LogP contribution in [0.1, 0.15) is 66.0 Å². The molecule has 0 saturated carbocycles. The fraction of sp³-hybridized carbons (Fsp3) is 0.447. The molecule has 6 aromatic rings. The standard InChI is InChI=1S/C47H55F3N14O4/c1-28-34(29-4-5-40(38(49)20-29)55-44-35-26-60(46(65)51-2)13-6-42(35)63(57-44)31-8-16-67-17-9-31)24-54-62(28)15-12-52-47(66)61-14-7-43-36(27-61)45(58-64(43)32-10-18-68-19-11-32)56-41-22-37(48)33(21-39(41)50)30-23-53-59(3)25-30/h4-5,20-25,31-32H,6-19,26-27H2,1-3H3,(H,51,65)(H,52,66)(H,55,57)(H,56,58). The van der Waals surface area contributed by atoms with Gasteiger partial charge in [0.1, 0.15) is 17.5 Å². The topological polar surface area (TPSA) is 178 Å². The summed E-state index contributed by atoms with van der Waals surface area (Å²) in [4.78, 5) is 29.7. The van der Waals surface area contributed by atoms with E-state index in [1.54, 1.807) is 47.0 Å². The number of aromatic nitrogens is 8. The minimum atomic E-state index is -0.651. The van der Waals surface area contributed by atoms with Gasteiger partial charge in [0.05, 0.1) is 55.5 Å². The molecule has 4 aliphatic heterocycles. The molecule has 18 nitrogen and oxygen atoms in total. The zero-order chi connectivity index (χ0) is 47.1. The summed E-state index contributed by atoms with van der Waals surface area (Å²) in [6.45, 7) is 6.59. The van der Waals surface area contributed by atoms with Gasteiger partial charge in [-0.15, -0.1) is 0 Å². The van der Waals surface area contributed by atoms with E-state index in [1.807, 2.05) is 22.4 Å². The second kappa shape index (κ2) is 19.0. The van der Waals surface area contributed by atoms with E-state index in [-0.39, 0.29) is 54.2 Å². The Morgan fingerprint density at radius 1 is 0.721 bits per heavy atom. The van der Waals surface area contributed by atoms with E-state index in [4.69, 9.17) is 19.7 Å². The maximum absolute atomic E-state index is 16.0. The molecule has 0 atom stereocenters. The molecule has 4 aromatic heterocycles. The number of hydrogen-bond donors (Lipinski definition) is 4. The molecule has 21 heteroatoms. The van der Waals surface area contributed by atoms with Crippen molar-refractivity contribution in [1.29, 1.82) is 0 Å². The van der Waals surface area contributed by atoms with Gasteiger partial charge in [0, 0.05) is 130 Å². The Bertz CT molecular complexity index is 2840. The average molecular weight is 937 g/mol. The first-order valence-electron chi connectivity index (χ1n) is 23.2. The van der Waals surface area contributed by atoms with Crippen molar-refractivity contribution >= 4 is 35.1 Å². The highest BCUT2D eigenvalue weighted by Gasteiger charge is 2.33. The molecule has 4 aliphatic rings. The maximum Gasteiger partial charge on any atom is 0.317 e. The zero-order valence-electron chi connectivity index (χ0n) is 38.3. The van der Waals surface area contributed by atoms with Crippen LogP contribution < -0.4 is 21.3 Å². The molecule has 10 rings (SSSR count). The Labute approximate surface area is 390 Å². The molecule has 0 spiro atoms. The summed E-state index contributed by atoms with van der Waals surface area (Å²) < 4.78 is 65.6.